The highest BCUT2D eigenvalue weighted by Gasteiger charge is 2.16. The number of hydrogen-bond donors (Lipinski definition) is 2. The van der Waals surface area contributed by atoms with Crippen molar-refractivity contribution in [2.75, 3.05) is 0 Å². The van der Waals surface area contributed by atoms with Crippen molar-refractivity contribution in [3.05, 3.63) is 47.9 Å². The first-order valence-electron chi connectivity index (χ1n) is 6.16. The number of carbonyl (C=O) groups is 1. The Balaban J connectivity index is 2.09. The van der Waals surface area contributed by atoms with Crippen LogP contribution in [0.4, 0.5) is 0 Å². The third-order valence-corrected chi connectivity index (χ3v) is 4.11. The number of nitrogens with two attached hydrogens (primary N) is 1. The van der Waals surface area contributed by atoms with Gasteiger partial charge in [0.1, 0.15) is 0 Å². The number of nitrogens with zero attached hydrogens (tertiary/aromatic N) is 2. The van der Waals surface area contributed by atoms with Crippen LogP contribution in [0.5, 0.6) is 0 Å². The van der Waals surface area contributed by atoms with E-state index in [9.17, 15) is 4.79 Å². The van der Waals surface area contributed by atoms with Crippen molar-refractivity contribution in [1.29, 1.82) is 0 Å². The largest absolute Gasteiger partial charge is 0.481 e. The molecule has 0 fully saturated rings. The van der Waals surface area contributed by atoms with Gasteiger partial charge >= 0.3 is 5.97 Å². The Morgan fingerprint density at radius 3 is 2.75 bits per heavy atom. The number of hydrogen-bond acceptors (Lipinski definition) is 4. The molecule has 1 aromatic carbocycles. The fourth-order valence-corrected chi connectivity index (χ4v) is 3.20. The van der Waals surface area contributed by atoms with Gasteiger partial charge in [0.05, 0.1) is 22.7 Å². The normalized spacial score (nSPS) is 11.1. The smallest absolute Gasteiger partial charge is 0.309 e. The highest BCUT2D eigenvalue weighted by atomic mass is 32.1. The molecule has 0 saturated heterocycles. The maximum atomic E-state index is 10.8. The molecule has 5 nitrogen and oxygen atoms in total. The van der Waals surface area contributed by atoms with E-state index in [4.69, 9.17) is 10.8 Å². The fourth-order valence-electron chi connectivity index (χ4n) is 2.17. The SMILES string of the molecule is NCc1c(CC(=O)O)nc2sc(-c3ccccc3)cn12. The van der Waals surface area contributed by atoms with E-state index in [1.807, 2.05) is 40.9 Å². The number of thiazole rings is 1. The maximum Gasteiger partial charge on any atom is 0.309 e. The lowest BCUT2D eigenvalue weighted by molar-refractivity contribution is -0.136. The van der Waals surface area contributed by atoms with Gasteiger partial charge in [0.15, 0.2) is 4.96 Å². The van der Waals surface area contributed by atoms with E-state index < -0.39 is 5.97 Å². The summed E-state index contributed by atoms with van der Waals surface area (Å²) in [5.74, 6) is -0.895. The van der Waals surface area contributed by atoms with E-state index in [2.05, 4.69) is 4.98 Å². The first kappa shape index (κ1) is 12.8. The molecule has 0 spiro atoms. The lowest BCUT2D eigenvalue weighted by atomic mass is 10.2. The Bertz CT molecular complexity index is 761. The van der Waals surface area contributed by atoms with Crippen LogP contribution in [0.3, 0.4) is 0 Å². The van der Waals surface area contributed by atoms with Gasteiger partial charge in [-0.3, -0.25) is 9.20 Å². The minimum absolute atomic E-state index is 0.0956. The summed E-state index contributed by atoms with van der Waals surface area (Å²) in [6, 6.07) is 10.0. The van der Waals surface area contributed by atoms with E-state index in [1.165, 1.54) is 11.3 Å². The molecule has 0 radical (unpaired) electrons. The molecule has 6 heteroatoms. The van der Waals surface area contributed by atoms with Crippen LogP contribution < -0.4 is 5.73 Å². The van der Waals surface area contributed by atoms with Crippen LogP contribution in [0.1, 0.15) is 11.4 Å². The summed E-state index contributed by atoms with van der Waals surface area (Å²) in [5.41, 5.74) is 8.16. The molecule has 3 rings (SSSR count). The Labute approximate surface area is 119 Å². The van der Waals surface area contributed by atoms with Gasteiger partial charge in [-0.25, -0.2) is 4.98 Å². The second kappa shape index (κ2) is 5.07. The summed E-state index contributed by atoms with van der Waals surface area (Å²) in [4.78, 5) is 17.1. The topological polar surface area (TPSA) is 80.6 Å². The van der Waals surface area contributed by atoms with Crippen molar-refractivity contribution < 1.29 is 9.90 Å². The van der Waals surface area contributed by atoms with Gasteiger partial charge in [-0.05, 0) is 5.56 Å². The Morgan fingerprint density at radius 1 is 1.35 bits per heavy atom. The van der Waals surface area contributed by atoms with E-state index in [0.29, 0.717) is 5.69 Å². The van der Waals surface area contributed by atoms with Gasteiger partial charge in [-0.15, -0.1) is 0 Å². The molecule has 0 bridgehead atoms. The number of rotatable bonds is 4. The third-order valence-electron chi connectivity index (χ3n) is 3.08. The number of aliphatic carboxylic acids is 1. The van der Waals surface area contributed by atoms with Crippen molar-refractivity contribution in [3.8, 4) is 10.4 Å². The molecule has 0 aliphatic rings. The van der Waals surface area contributed by atoms with Crippen molar-refractivity contribution >= 4 is 22.3 Å². The van der Waals surface area contributed by atoms with E-state index in [0.717, 1.165) is 21.1 Å². The van der Waals surface area contributed by atoms with E-state index in [1.54, 1.807) is 0 Å². The molecule has 0 aliphatic heterocycles. The zero-order valence-electron chi connectivity index (χ0n) is 10.6. The fraction of sp³-hybridized carbons (Fsp3) is 0.143. The molecule has 102 valence electrons. The zero-order chi connectivity index (χ0) is 14.1. The lowest BCUT2D eigenvalue weighted by Crippen LogP contribution is -2.08. The number of imidazole rings is 1. The van der Waals surface area contributed by atoms with Crippen LogP contribution in [0.2, 0.25) is 0 Å². The maximum absolute atomic E-state index is 10.8. The molecule has 20 heavy (non-hydrogen) atoms. The summed E-state index contributed by atoms with van der Waals surface area (Å²) in [5, 5.41) is 8.90. The van der Waals surface area contributed by atoms with Crippen LogP contribution in [0.25, 0.3) is 15.4 Å². The second-order valence-electron chi connectivity index (χ2n) is 4.39. The van der Waals surface area contributed by atoms with Crippen molar-refractivity contribution in [2.24, 2.45) is 5.73 Å². The Kier molecular flexibility index (Phi) is 3.25. The molecule has 3 N–H and O–H groups in total. The van der Waals surface area contributed by atoms with Crippen LogP contribution >= 0.6 is 11.3 Å². The quantitative estimate of drug-likeness (QED) is 0.770. The van der Waals surface area contributed by atoms with E-state index >= 15 is 0 Å². The average Bonchev–Trinajstić information content (AvgIpc) is 2.96. The molecule has 0 atom stereocenters. The zero-order valence-corrected chi connectivity index (χ0v) is 11.4. The number of fused-ring (bicyclic) bond motifs is 1. The number of carboxylic acid groups (broad SMARTS) is 1. The summed E-state index contributed by atoms with van der Waals surface area (Å²) >= 11 is 1.53. The standard InChI is InChI=1S/C14H13N3O2S/c15-7-11-10(6-13(18)19)16-14-17(11)8-12(20-14)9-4-2-1-3-5-9/h1-5,8H,6-7,15H2,(H,18,19). The highest BCUT2D eigenvalue weighted by Crippen LogP contribution is 2.30. The monoisotopic (exact) mass is 287 g/mol. The predicted molar refractivity (Wildman–Crippen MR) is 77.7 cm³/mol. The van der Waals surface area contributed by atoms with Gasteiger partial charge in [0.2, 0.25) is 0 Å². The van der Waals surface area contributed by atoms with Crippen molar-refractivity contribution in [3.63, 3.8) is 0 Å². The van der Waals surface area contributed by atoms with Crippen LogP contribution in [-0.2, 0) is 17.8 Å². The highest BCUT2D eigenvalue weighted by molar-refractivity contribution is 7.20. The minimum atomic E-state index is -0.895. The first-order valence-corrected chi connectivity index (χ1v) is 6.97. The van der Waals surface area contributed by atoms with Gasteiger partial charge in [0, 0.05) is 12.7 Å². The summed E-state index contributed by atoms with van der Waals surface area (Å²) < 4.78 is 1.89. The summed E-state index contributed by atoms with van der Waals surface area (Å²) in [7, 11) is 0. The minimum Gasteiger partial charge on any atom is -0.481 e. The van der Waals surface area contributed by atoms with Crippen LogP contribution in [-0.4, -0.2) is 20.5 Å². The second-order valence-corrected chi connectivity index (χ2v) is 5.40. The molecule has 2 heterocycles. The Hall–Kier alpha value is -2.18. The molecular formula is C14H13N3O2S. The predicted octanol–water partition coefficient (Wildman–Crippen LogP) is 2.15. The molecule has 3 aromatic rings. The summed E-state index contributed by atoms with van der Waals surface area (Å²) in [6.07, 6.45) is 1.87. The van der Waals surface area contributed by atoms with Crippen LogP contribution in [0, 0.1) is 0 Å². The molecule has 0 aliphatic carbocycles. The number of aromatic nitrogens is 2. The number of benzene rings is 1. The molecule has 0 amide bonds. The summed E-state index contributed by atoms with van der Waals surface area (Å²) in [6.45, 7) is 0.273. The Morgan fingerprint density at radius 2 is 2.10 bits per heavy atom. The first-order chi connectivity index (χ1) is 9.69. The van der Waals surface area contributed by atoms with Gasteiger partial charge in [0.25, 0.3) is 0 Å². The van der Waals surface area contributed by atoms with E-state index in [-0.39, 0.29) is 13.0 Å². The lowest BCUT2D eigenvalue weighted by Gasteiger charge is -1.98. The third kappa shape index (κ3) is 2.19. The molecule has 0 unspecified atom stereocenters. The van der Waals surface area contributed by atoms with Gasteiger partial charge in [-0.1, -0.05) is 41.7 Å². The average molecular weight is 287 g/mol. The number of carboxylic acids is 1. The van der Waals surface area contributed by atoms with Gasteiger partial charge in [-0.2, -0.15) is 0 Å². The molecular weight excluding hydrogens is 274 g/mol. The van der Waals surface area contributed by atoms with Gasteiger partial charge < -0.3 is 10.8 Å². The molecule has 2 aromatic heterocycles. The van der Waals surface area contributed by atoms with Crippen molar-refractivity contribution in [2.45, 2.75) is 13.0 Å². The van der Waals surface area contributed by atoms with Crippen LogP contribution in [0.15, 0.2) is 36.5 Å². The van der Waals surface area contributed by atoms with Crippen molar-refractivity contribution in [1.82, 2.24) is 9.38 Å². The molecule has 0 saturated carbocycles.